The predicted octanol–water partition coefficient (Wildman–Crippen LogP) is 2.47. The van der Waals surface area contributed by atoms with E-state index in [0.717, 1.165) is 19.3 Å². The Hall–Kier alpha value is -0.830. The average molecular weight is 212 g/mol. The molecular weight excluding hydrogens is 192 g/mol. The lowest BCUT2D eigenvalue weighted by atomic mass is 9.71. The second-order valence-corrected chi connectivity index (χ2v) is 4.83. The fourth-order valence-electron chi connectivity index (χ4n) is 2.31. The van der Waals surface area contributed by atoms with Crippen LogP contribution in [0.2, 0.25) is 0 Å². The van der Waals surface area contributed by atoms with Gasteiger partial charge in [0.1, 0.15) is 0 Å². The van der Waals surface area contributed by atoms with E-state index in [4.69, 9.17) is 4.74 Å². The molecule has 0 aromatic carbocycles. The molecule has 1 aliphatic carbocycles. The molecule has 1 aliphatic rings. The van der Waals surface area contributed by atoms with E-state index in [1.165, 1.54) is 0 Å². The first-order valence-corrected chi connectivity index (χ1v) is 5.39. The van der Waals surface area contributed by atoms with Crippen LogP contribution in [0.3, 0.4) is 0 Å². The van der Waals surface area contributed by atoms with Crippen molar-refractivity contribution in [3.8, 4) is 0 Å². The van der Waals surface area contributed by atoms with Crippen molar-refractivity contribution in [1.29, 1.82) is 0 Å². The molecule has 86 valence electrons. The fraction of sp³-hybridized carbons (Fsp3) is 0.750. The Morgan fingerprint density at radius 2 is 2.13 bits per heavy atom. The van der Waals surface area contributed by atoms with Gasteiger partial charge in [0, 0.05) is 7.11 Å². The molecule has 2 atom stereocenters. The van der Waals surface area contributed by atoms with E-state index in [9.17, 15) is 9.90 Å². The van der Waals surface area contributed by atoms with Crippen molar-refractivity contribution in [2.24, 2.45) is 11.3 Å². The molecule has 0 amide bonds. The monoisotopic (exact) mass is 212 g/mol. The molecule has 1 N–H and O–H groups in total. The van der Waals surface area contributed by atoms with Gasteiger partial charge in [-0.1, -0.05) is 26.0 Å². The minimum absolute atomic E-state index is 0.178. The highest BCUT2D eigenvalue weighted by atomic mass is 16.5. The SMILES string of the molecule is CO[C@@H]1CC/C=C\CC(C)(C)[C@@H]1C(=O)O. The summed E-state index contributed by atoms with van der Waals surface area (Å²) >= 11 is 0. The van der Waals surface area contributed by atoms with E-state index in [0.29, 0.717) is 0 Å². The molecule has 15 heavy (non-hydrogen) atoms. The van der Waals surface area contributed by atoms with Gasteiger partial charge in [-0.2, -0.15) is 0 Å². The number of aliphatic carboxylic acids is 1. The quantitative estimate of drug-likeness (QED) is 0.715. The molecule has 3 heteroatoms. The number of ether oxygens (including phenoxy) is 1. The van der Waals surface area contributed by atoms with Gasteiger partial charge in [-0.3, -0.25) is 4.79 Å². The molecule has 0 aromatic heterocycles. The molecule has 0 saturated heterocycles. The third-order valence-electron chi connectivity index (χ3n) is 3.21. The zero-order valence-corrected chi connectivity index (χ0v) is 9.69. The zero-order chi connectivity index (χ0) is 11.5. The van der Waals surface area contributed by atoms with Crippen LogP contribution in [0.4, 0.5) is 0 Å². The Balaban J connectivity index is 2.96. The van der Waals surface area contributed by atoms with Gasteiger partial charge in [-0.25, -0.2) is 0 Å². The van der Waals surface area contributed by atoms with E-state index in [1.54, 1.807) is 7.11 Å². The first kappa shape index (κ1) is 12.2. The molecule has 0 heterocycles. The van der Waals surface area contributed by atoms with Crippen LogP contribution in [0.1, 0.15) is 33.1 Å². The van der Waals surface area contributed by atoms with Crippen molar-refractivity contribution < 1.29 is 14.6 Å². The Bertz CT molecular complexity index is 256. The number of carboxylic acids is 1. The highest BCUT2D eigenvalue weighted by molar-refractivity contribution is 5.71. The van der Waals surface area contributed by atoms with E-state index in [-0.39, 0.29) is 11.5 Å². The van der Waals surface area contributed by atoms with Gasteiger partial charge in [-0.15, -0.1) is 0 Å². The maximum Gasteiger partial charge on any atom is 0.309 e. The highest BCUT2D eigenvalue weighted by Crippen LogP contribution is 2.37. The van der Waals surface area contributed by atoms with Crippen molar-refractivity contribution in [1.82, 2.24) is 0 Å². The molecule has 0 radical (unpaired) electrons. The van der Waals surface area contributed by atoms with Crippen molar-refractivity contribution in [2.75, 3.05) is 7.11 Å². The smallest absolute Gasteiger partial charge is 0.309 e. The van der Waals surface area contributed by atoms with Crippen molar-refractivity contribution in [3.63, 3.8) is 0 Å². The number of allylic oxidation sites excluding steroid dienone is 2. The molecule has 0 fully saturated rings. The van der Waals surface area contributed by atoms with E-state index in [2.05, 4.69) is 12.2 Å². The molecular formula is C12H20O3. The number of methoxy groups -OCH3 is 1. The van der Waals surface area contributed by atoms with Crippen molar-refractivity contribution in [2.45, 2.75) is 39.2 Å². The van der Waals surface area contributed by atoms with Gasteiger partial charge in [0.2, 0.25) is 0 Å². The third-order valence-corrected chi connectivity index (χ3v) is 3.21. The summed E-state index contributed by atoms with van der Waals surface area (Å²) < 4.78 is 5.32. The maximum absolute atomic E-state index is 11.3. The lowest BCUT2D eigenvalue weighted by molar-refractivity contribution is -0.153. The fourth-order valence-corrected chi connectivity index (χ4v) is 2.31. The molecule has 0 aromatic rings. The van der Waals surface area contributed by atoms with Crippen LogP contribution in [0.25, 0.3) is 0 Å². The first-order valence-electron chi connectivity index (χ1n) is 5.39. The van der Waals surface area contributed by atoms with Gasteiger partial charge in [0.25, 0.3) is 0 Å². The lowest BCUT2D eigenvalue weighted by Gasteiger charge is -2.36. The zero-order valence-electron chi connectivity index (χ0n) is 9.69. The molecule has 0 bridgehead atoms. The van der Waals surface area contributed by atoms with E-state index >= 15 is 0 Å². The van der Waals surface area contributed by atoms with Crippen LogP contribution in [0.15, 0.2) is 12.2 Å². The van der Waals surface area contributed by atoms with Crippen LogP contribution in [-0.4, -0.2) is 24.3 Å². The molecule has 1 rings (SSSR count). The Morgan fingerprint density at radius 3 is 2.67 bits per heavy atom. The number of rotatable bonds is 2. The minimum Gasteiger partial charge on any atom is -0.481 e. The Kier molecular flexibility index (Phi) is 3.91. The standard InChI is InChI=1S/C12H20O3/c1-12(2)8-6-4-5-7-9(15-3)10(12)11(13)14/h4,6,9-10H,5,7-8H2,1-3H3,(H,13,14)/b6-4-/t9-,10+/m1/s1. The summed E-state index contributed by atoms with van der Waals surface area (Å²) in [5.74, 6) is -1.17. The molecule has 0 saturated carbocycles. The van der Waals surface area contributed by atoms with Crippen molar-refractivity contribution in [3.05, 3.63) is 12.2 Å². The molecule has 0 spiro atoms. The number of hydrogen-bond acceptors (Lipinski definition) is 2. The van der Waals surface area contributed by atoms with Gasteiger partial charge in [0.15, 0.2) is 0 Å². The Morgan fingerprint density at radius 1 is 1.47 bits per heavy atom. The second-order valence-electron chi connectivity index (χ2n) is 4.83. The third kappa shape index (κ3) is 2.81. The largest absolute Gasteiger partial charge is 0.481 e. The van der Waals surface area contributed by atoms with Gasteiger partial charge in [0.05, 0.1) is 12.0 Å². The van der Waals surface area contributed by atoms with Gasteiger partial charge in [-0.05, 0) is 24.7 Å². The van der Waals surface area contributed by atoms with Gasteiger partial charge >= 0.3 is 5.97 Å². The first-order chi connectivity index (χ1) is 6.99. The number of carboxylic acid groups (broad SMARTS) is 1. The van der Waals surface area contributed by atoms with Crippen LogP contribution in [0, 0.1) is 11.3 Å². The van der Waals surface area contributed by atoms with Crippen LogP contribution in [-0.2, 0) is 9.53 Å². The van der Waals surface area contributed by atoms with Crippen LogP contribution >= 0.6 is 0 Å². The number of hydrogen-bond donors (Lipinski definition) is 1. The minimum atomic E-state index is -0.748. The van der Waals surface area contributed by atoms with Crippen LogP contribution < -0.4 is 0 Å². The summed E-state index contributed by atoms with van der Waals surface area (Å²) in [6.45, 7) is 3.99. The van der Waals surface area contributed by atoms with E-state index in [1.807, 2.05) is 13.8 Å². The van der Waals surface area contributed by atoms with Gasteiger partial charge < -0.3 is 9.84 Å². The highest BCUT2D eigenvalue weighted by Gasteiger charge is 2.40. The summed E-state index contributed by atoms with van der Waals surface area (Å²) in [5, 5.41) is 9.29. The average Bonchev–Trinajstić information content (AvgIpc) is 2.11. The normalized spacial score (nSPS) is 32.7. The summed E-state index contributed by atoms with van der Waals surface area (Å²) in [7, 11) is 1.60. The molecule has 3 nitrogen and oxygen atoms in total. The Labute approximate surface area is 91.1 Å². The second kappa shape index (κ2) is 4.79. The maximum atomic E-state index is 11.3. The van der Waals surface area contributed by atoms with E-state index < -0.39 is 11.9 Å². The van der Waals surface area contributed by atoms with Crippen LogP contribution in [0.5, 0.6) is 0 Å². The topological polar surface area (TPSA) is 46.5 Å². The number of carbonyl (C=O) groups is 1. The molecule has 0 aliphatic heterocycles. The predicted molar refractivity (Wildman–Crippen MR) is 58.7 cm³/mol. The summed E-state index contributed by atoms with van der Waals surface area (Å²) in [6.07, 6.45) is 6.51. The molecule has 0 unspecified atom stereocenters. The summed E-state index contributed by atoms with van der Waals surface area (Å²) in [6, 6.07) is 0. The lowest BCUT2D eigenvalue weighted by Crippen LogP contribution is -2.41. The summed E-state index contributed by atoms with van der Waals surface area (Å²) in [5.41, 5.74) is -0.247. The van der Waals surface area contributed by atoms with Crippen molar-refractivity contribution >= 4 is 5.97 Å². The summed E-state index contributed by atoms with van der Waals surface area (Å²) in [4.78, 5) is 11.3.